The second kappa shape index (κ2) is 10.9. The largest absolute Gasteiger partial charge is 0.586 e. The average Bonchev–Trinajstić information content (AvgIpc) is 3.49. The Morgan fingerprint density at radius 1 is 1.09 bits per heavy atom. The van der Waals surface area contributed by atoms with Gasteiger partial charge >= 0.3 is 18.4 Å². The van der Waals surface area contributed by atoms with Gasteiger partial charge < -0.3 is 24.1 Å². The lowest BCUT2D eigenvalue weighted by molar-refractivity contribution is -0.286. The first-order valence-electron chi connectivity index (χ1n) is 13.8. The van der Waals surface area contributed by atoms with Gasteiger partial charge in [-0.15, -0.1) is 8.78 Å². The number of fused-ring (bicyclic) bond motifs is 2. The molecular formula is C31H24F6N2O6. The molecular weight excluding hydrogens is 610 g/mol. The van der Waals surface area contributed by atoms with E-state index in [1.807, 2.05) is 0 Å². The molecule has 0 spiro atoms. The number of aromatic carboxylic acids is 1. The lowest BCUT2D eigenvalue weighted by Crippen LogP contribution is -2.25. The number of carboxylic acid groups (broad SMARTS) is 1. The van der Waals surface area contributed by atoms with Gasteiger partial charge in [-0.1, -0.05) is 6.07 Å². The summed E-state index contributed by atoms with van der Waals surface area (Å²) in [5.74, 6) is -2.43. The van der Waals surface area contributed by atoms with Crippen molar-refractivity contribution in [2.75, 3.05) is 0 Å². The molecule has 0 radical (unpaired) electrons. The Kier molecular flexibility index (Phi) is 7.32. The number of rotatable bonds is 7. The molecule has 1 aliphatic heterocycles. The second-order valence-corrected chi connectivity index (χ2v) is 10.6. The smallest absolute Gasteiger partial charge is 0.486 e. The summed E-state index contributed by atoms with van der Waals surface area (Å²) in [5.41, 5.74) is -0.313. The van der Waals surface area contributed by atoms with Crippen molar-refractivity contribution < 1.29 is 55.2 Å². The summed E-state index contributed by atoms with van der Waals surface area (Å²) in [4.78, 5) is 11.4. The monoisotopic (exact) mass is 634 g/mol. The Hall–Kier alpha value is -4.88. The van der Waals surface area contributed by atoms with Gasteiger partial charge in [-0.2, -0.15) is 18.3 Å². The third-order valence-electron chi connectivity index (χ3n) is 7.53. The maximum atomic E-state index is 14.8. The third kappa shape index (κ3) is 5.83. The summed E-state index contributed by atoms with van der Waals surface area (Å²) in [7, 11) is 0. The minimum Gasteiger partial charge on any atom is -0.486 e. The summed E-state index contributed by atoms with van der Waals surface area (Å²) in [6.07, 6.45) is -9.71. The van der Waals surface area contributed by atoms with E-state index in [-0.39, 0.29) is 51.7 Å². The summed E-state index contributed by atoms with van der Waals surface area (Å²) >= 11 is 0. The number of nitrogens with zero attached hydrogens (tertiary/aromatic N) is 2. The van der Waals surface area contributed by atoms with Crippen molar-refractivity contribution in [2.24, 2.45) is 0 Å². The number of halogens is 6. The van der Waals surface area contributed by atoms with Crippen molar-refractivity contribution in [1.29, 1.82) is 0 Å². The second-order valence-electron chi connectivity index (χ2n) is 10.6. The highest BCUT2D eigenvalue weighted by atomic mass is 19.4. The van der Waals surface area contributed by atoms with Gasteiger partial charge in [-0.05, 0) is 75.1 Å². The Morgan fingerprint density at radius 3 is 2.51 bits per heavy atom. The summed E-state index contributed by atoms with van der Waals surface area (Å²) in [6.45, 7) is 3.05. The third-order valence-corrected chi connectivity index (χ3v) is 7.53. The molecule has 2 atom stereocenters. The van der Waals surface area contributed by atoms with Crippen LogP contribution in [0.2, 0.25) is 0 Å². The van der Waals surface area contributed by atoms with E-state index >= 15 is 0 Å². The molecule has 0 fully saturated rings. The van der Waals surface area contributed by atoms with Crippen LogP contribution in [0.1, 0.15) is 70.4 Å². The van der Waals surface area contributed by atoms with Gasteiger partial charge in [-0.25, -0.2) is 13.9 Å². The molecule has 0 saturated carbocycles. The van der Waals surface area contributed by atoms with Gasteiger partial charge in [0.1, 0.15) is 29.5 Å². The van der Waals surface area contributed by atoms with E-state index in [0.29, 0.717) is 18.4 Å². The predicted molar refractivity (Wildman–Crippen MR) is 145 cm³/mol. The zero-order valence-electron chi connectivity index (χ0n) is 23.6. The highest BCUT2D eigenvalue weighted by molar-refractivity contribution is 5.89. The number of aryl methyl sites for hydroxylation is 1. The fourth-order valence-corrected chi connectivity index (χ4v) is 5.55. The van der Waals surface area contributed by atoms with E-state index in [9.17, 15) is 36.2 Å². The number of carboxylic acids is 1. The van der Waals surface area contributed by atoms with E-state index in [0.717, 1.165) is 16.8 Å². The molecule has 0 bridgehead atoms. The van der Waals surface area contributed by atoms with Crippen molar-refractivity contribution in [1.82, 2.24) is 9.78 Å². The van der Waals surface area contributed by atoms with Crippen LogP contribution in [0.3, 0.4) is 0 Å². The van der Waals surface area contributed by atoms with Crippen molar-refractivity contribution in [3.8, 4) is 28.7 Å². The van der Waals surface area contributed by atoms with Crippen molar-refractivity contribution in [3.63, 3.8) is 0 Å². The molecule has 8 nitrogen and oxygen atoms in total. The molecule has 0 amide bonds. The molecule has 2 heterocycles. The minimum absolute atomic E-state index is 0.0171. The van der Waals surface area contributed by atoms with Crippen LogP contribution in [0, 0.1) is 12.7 Å². The molecule has 14 heteroatoms. The van der Waals surface area contributed by atoms with Gasteiger partial charge in [-0.3, -0.25) is 0 Å². The molecule has 2 aliphatic rings. The molecule has 1 aromatic heterocycles. The number of benzene rings is 3. The van der Waals surface area contributed by atoms with Crippen molar-refractivity contribution in [3.05, 3.63) is 94.1 Å². The standard InChI is InChI=1S/C31H24F6N2O6/c1-15-11-19(9-10-20(15)29(40)41)43-24-8-4-7-21-27(24)39(38-28(21)30(33,34)35)17-5-3-6-18(12-17)42-16(2)22-13-25-26(14-23(22)32)45-31(36,37)44-25/h3,5-6,9-14,16,24H,4,7-8H2,1-2H3,(H,40,41)/t16-,24?/m1/s1. The Bertz CT molecular complexity index is 1800. The van der Waals surface area contributed by atoms with E-state index in [1.165, 1.54) is 49.4 Å². The zero-order valence-corrected chi connectivity index (χ0v) is 23.6. The van der Waals surface area contributed by atoms with E-state index in [1.54, 1.807) is 6.92 Å². The molecule has 45 heavy (non-hydrogen) atoms. The highest BCUT2D eigenvalue weighted by Crippen LogP contribution is 2.45. The summed E-state index contributed by atoms with van der Waals surface area (Å²) in [6, 6.07) is 12.1. The lowest BCUT2D eigenvalue weighted by Gasteiger charge is -2.26. The Labute approximate surface area is 251 Å². The van der Waals surface area contributed by atoms with Crippen LogP contribution in [0.4, 0.5) is 26.3 Å². The van der Waals surface area contributed by atoms with Crippen LogP contribution in [0.5, 0.6) is 23.0 Å². The number of alkyl halides is 5. The van der Waals surface area contributed by atoms with Gasteiger partial charge in [0.05, 0.1) is 16.9 Å². The predicted octanol–water partition coefficient (Wildman–Crippen LogP) is 7.95. The number of ether oxygens (including phenoxy) is 4. The molecule has 6 rings (SSSR count). The normalized spacial score (nSPS) is 17.5. The Balaban J connectivity index is 1.33. The average molecular weight is 635 g/mol. The molecule has 1 aliphatic carbocycles. The van der Waals surface area contributed by atoms with E-state index < -0.39 is 47.9 Å². The minimum atomic E-state index is -4.76. The molecule has 1 N–H and O–H groups in total. The number of aromatic nitrogens is 2. The molecule has 3 aromatic carbocycles. The van der Waals surface area contributed by atoms with Crippen LogP contribution in [-0.2, 0) is 12.6 Å². The van der Waals surface area contributed by atoms with Crippen LogP contribution in [0.25, 0.3) is 5.69 Å². The fraction of sp³-hybridized carbons (Fsp3) is 0.290. The van der Waals surface area contributed by atoms with Gasteiger partial charge in [0.2, 0.25) is 0 Å². The molecule has 236 valence electrons. The summed E-state index contributed by atoms with van der Waals surface area (Å²) in [5, 5.41) is 13.3. The zero-order chi connectivity index (χ0) is 32.3. The maximum absolute atomic E-state index is 14.8. The first-order valence-corrected chi connectivity index (χ1v) is 13.8. The van der Waals surface area contributed by atoms with Crippen LogP contribution < -0.4 is 18.9 Å². The number of hydrogen-bond donors (Lipinski definition) is 1. The summed E-state index contributed by atoms with van der Waals surface area (Å²) < 4.78 is 106. The molecule has 4 aromatic rings. The van der Waals surface area contributed by atoms with Gasteiger partial charge in [0, 0.05) is 23.3 Å². The van der Waals surface area contributed by atoms with Gasteiger partial charge in [0.15, 0.2) is 17.2 Å². The maximum Gasteiger partial charge on any atom is 0.586 e. The van der Waals surface area contributed by atoms with Crippen LogP contribution in [-0.4, -0.2) is 27.2 Å². The fourth-order valence-electron chi connectivity index (χ4n) is 5.55. The molecule has 0 saturated heterocycles. The number of hydrogen-bond acceptors (Lipinski definition) is 6. The van der Waals surface area contributed by atoms with Crippen LogP contribution >= 0.6 is 0 Å². The van der Waals surface area contributed by atoms with Crippen molar-refractivity contribution in [2.45, 2.75) is 57.8 Å². The highest BCUT2D eigenvalue weighted by Gasteiger charge is 2.45. The van der Waals surface area contributed by atoms with Gasteiger partial charge in [0.25, 0.3) is 0 Å². The lowest BCUT2D eigenvalue weighted by atomic mass is 9.92. The first kappa shape index (κ1) is 30.2. The Morgan fingerprint density at radius 2 is 1.82 bits per heavy atom. The number of carbonyl (C=O) groups is 1. The van der Waals surface area contributed by atoms with E-state index in [4.69, 9.17) is 9.47 Å². The topological polar surface area (TPSA) is 92.0 Å². The first-order chi connectivity index (χ1) is 21.2. The van der Waals surface area contributed by atoms with Crippen molar-refractivity contribution >= 4 is 5.97 Å². The van der Waals surface area contributed by atoms with E-state index in [2.05, 4.69) is 14.6 Å². The quantitative estimate of drug-likeness (QED) is 0.206. The van der Waals surface area contributed by atoms with Crippen LogP contribution in [0.15, 0.2) is 54.6 Å². The SMILES string of the molecule is Cc1cc(OC2CCCc3c(C(F)(F)F)nn(-c4cccc(O[C@H](C)c5cc6c(cc5F)OC(F)(F)O6)c4)c32)ccc1C(=O)O. The molecule has 1 unspecified atom stereocenters.